The number of pyridine rings is 1. The lowest BCUT2D eigenvalue weighted by atomic mass is 9.73. The SMILES string of the molecule is CN(C(=O)O)[C@@H](Cc1ccc(F)cc1)[C@@H](O)CN[C@H]1CC2(CCC2)Oc2ncc(CC(C)(C)C)cc21. The van der Waals surface area contributed by atoms with Gasteiger partial charge in [0.1, 0.15) is 11.4 Å². The number of carboxylic acid groups (broad SMARTS) is 1. The largest absolute Gasteiger partial charge is 0.471 e. The number of likely N-dealkylation sites (N-methyl/N-ethyl adjacent to an activating group) is 1. The number of nitrogens with one attached hydrogen (secondary N) is 1. The number of aromatic nitrogens is 1. The molecule has 1 fully saturated rings. The second kappa shape index (κ2) is 10.3. The standard InChI is InChI=1S/C28H38FN3O4/c1-27(2,3)14-19-12-21-22(15-28(10-5-11-28)36-25(21)31-16-19)30-17-24(33)23(32(4)26(34)35)13-18-6-8-20(29)9-7-18/h6-9,12,16,22-24,30,33H,5,10-11,13-15,17H2,1-4H3,(H,34,35)/t22-,23-,24-/m0/s1. The van der Waals surface area contributed by atoms with Gasteiger partial charge in [0.15, 0.2) is 0 Å². The first-order chi connectivity index (χ1) is 16.9. The maximum atomic E-state index is 13.4. The molecule has 1 spiro atoms. The Morgan fingerprint density at radius 1 is 1.28 bits per heavy atom. The Morgan fingerprint density at radius 2 is 1.97 bits per heavy atom. The van der Waals surface area contributed by atoms with E-state index in [1.807, 2.05) is 6.20 Å². The Bertz CT molecular complexity index is 1070. The van der Waals surface area contributed by atoms with Crippen LogP contribution in [-0.4, -0.2) is 57.5 Å². The first kappa shape index (κ1) is 26.4. The fourth-order valence-corrected chi connectivity index (χ4v) is 5.28. The van der Waals surface area contributed by atoms with Gasteiger partial charge in [-0.15, -0.1) is 0 Å². The summed E-state index contributed by atoms with van der Waals surface area (Å²) in [7, 11) is 1.45. The lowest BCUT2D eigenvalue weighted by molar-refractivity contribution is -0.0425. The molecule has 0 unspecified atom stereocenters. The fraction of sp³-hybridized carbons (Fsp3) is 0.571. The summed E-state index contributed by atoms with van der Waals surface area (Å²) in [4.78, 5) is 17.5. The molecule has 1 aliphatic carbocycles. The van der Waals surface area contributed by atoms with Crippen LogP contribution >= 0.6 is 0 Å². The highest BCUT2D eigenvalue weighted by molar-refractivity contribution is 5.65. The maximum Gasteiger partial charge on any atom is 0.407 e. The first-order valence-electron chi connectivity index (χ1n) is 12.7. The number of hydrogen-bond acceptors (Lipinski definition) is 5. The minimum Gasteiger partial charge on any atom is -0.471 e. The highest BCUT2D eigenvalue weighted by Crippen LogP contribution is 2.48. The van der Waals surface area contributed by atoms with Crippen LogP contribution in [0.25, 0.3) is 0 Å². The molecule has 1 aromatic carbocycles. The quantitative estimate of drug-likeness (QED) is 0.486. The molecule has 3 N–H and O–H groups in total. The van der Waals surface area contributed by atoms with Crippen molar-refractivity contribution in [1.29, 1.82) is 0 Å². The van der Waals surface area contributed by atoms with Crippen LogP contribution in [0.15, 0.2) is 36.5 Å². The Kier molecular flexibility index (Phi) is 7.57. The predicted molar refractivity (Wildman–Crippen MR) is 136 cm³/mol. The molecule has 0 radical (unpaired) electrons. The van der Waals surface area contributed by atoms with E-state index in [1.54, 1.807) is 12.1 Å². The number of carbonyl (C=O) groups is 1. The number of hydrogen-bond donors (Lipinski definition) is 3. The number of aliphatic hydroxyl groups excluding tert-OH is 1. The molecule has 1 aliphatic heterocycles. The minimum absolute atomic E-state index is 0.0577. The molecule has 2 heterocycles. The van der Waals surface area contributed by atoms with Gasteiger partial charge in [-0.2, -0.15) is 0 Å². The molecule has 2 aliphatic rings. The summed E-state index contributed by atoms with van der Waals surface area (Å²) in [5.74, 6) is 0.294. The third kappa shape index (κ3) is 6.16. The molecular weight excluding hydrogens is 461 g/mol. The molecule has 0 saturated heterocycles. The van der Waals surface area contributed by atoms with E-state index < -0.39 is 18.2 Å². The average Bonchev–Trinajstić information content (AvgIpc) is 2.79. The van der Waals surface area contributed by atoms with Crippen LogP contribution in [0.4, 0.5) is 9.18 Å². The Hall–Kier alpha value is -2.71. The average molecular weight is 500 g/mol. The number of benzene rings is 1. The molecular formula is C28H38FN3O4. The van der Waals surface area contributed by atoms with E-state index in [2.05, 4.69) is 37.1 Å². The van der Waals surface area contributed by atoms with Gasteiger partial charge in [0.25, 0.3) is 0 Å². The van der Waals surface area contributed by atoms with Crippen molar-refractivity contribution in [3.63, 3.8) is 0 Å². The van der Waals surface area contributed by atoms with E-state index in [0.29, 0.717) is 5.88 Å². The summed E-state index contributed by atoms with van der Waals surface area (Å²) in [5.41, 5.74) is 2.79. The number of ether oxygens (including phenoxy) is 1. The smallest absolute Gasteiger partial charge is 0.407 e. The number of aliphatic hydroxyl groups is 1. The van der Waals surface area contributed by atoms with Crippen LogP contribution in [0.2, 0.25) is 0 Å². The van der Waals surface area contributed by atoms with Gasteiger partial charge in [0.2, 0.25) is 5.88 Å². The molecule has 2 aromatic rings. The molecule has 1 aromatic heterocycles. The summed E-state index contributed by atoms with van der Waals surface area (Å²) in [6, 6.07) is 7.34. The van der Waals surface area contributed by atoms with E-state index in [-0.39, 0.29) is 35.8 Å². The van der Waals surface area contributed by atoms with Gasteiger partial charge in [0.05, 0.1) is 12.1 Å². The van der Waals surface area contributed by atoms with Gasteiger partial charge < -0.3 is 25.2 Å². The van der Waals surface area contributed by atoms with Crippen molar-refractivity contribution in [1.82, 2.24) is 15.2 Å². The van der Waals surface area contributed by atoms with E-state index in [4.69, 9.17) is 4.74 Å². The van der Waals surface area contributed by atoms with Crippen molar-refractivity contribution in [2.75, 3.05) is 13.6 Å². The number of halogens is 1. The second-order valence-electron chi connectivity index (χ2n) is 11.6. The van der Waals surface area contributed by atoms with Crippen LogP contribution in [0.1, 0.15) is 69.2 Å². The third-order valence-corrected chi connectivity index (χ3v) is 7.37. The number of amides is 1. The lowest BCUT2D eigenvalue weighted by Crippen LogP contribution is -2.52. The zero-order valence-electron chi connectivity index (χ0n) is 21.6. The van der Waals surface area contributed by atoms with Gasteiger partial charge in [-0.05, 0) is 66.8 Å². The van der Waals surface area contributed by atoms with Crippen molar-refractivity contribution < 1.29 is 24.1 Å². The van der Waals surface area contributed by atoms with Crippen molar-refractivity contribution in [2.24, 2.45) is 5.41 Å². The minimum atomic E-state index is -1.12. The Morgan fingerprint density at radius 3 is 2.56 bits per heavy atom. The maximum absolute atomic E-state index is 13.4. The number of nitrogens with zero attached hydrogens (tertiary/aromatic N) is 2. The van der Waals surface area contributed by atoms with Crippen LogP contribution in [0.5, 0.6) is 5.88 Å². The summed E-state index contributed by atoms with van der Waals surface area (Å²) in [5, 5.41) is 24.3. The fourth-order valence-electron chi connectivity index (χ4n) is 5.28. The lowest BCUT2D eigenvalue weighted by Gasteiger charge is -2.47. The molecule has 1 saturated carbocycles. The van der Waals surface area contributed by atoms with Crippen LogP contribution in [0, 0.1) is 11.2 Å². The summed E-state index contributed by atoms with van der Waals surface area (Å²) in [6.07, 6.45) is 4.83. The van der Waals surface area contributed by atoms with Crippen LogP contribution in [-0.2, 0) is 12.8 Å². The molecule has 1 amide bonds. The van der Waals surface area contributed by atoms with Gasteiger partial charge in [0, 0.05) is 37.8 Å². The van der Waals surface area contributed by atoms with E-state index in [0.717, 1.165) is 53.7 Å². The highest BCUT2D eigenvalue weighted by Gasteiger charge is 2.46. The van der Waals surface area contributed by atoms with Crippen molar-refractivity contribution in [3.8, 4) is 5.88 Å². The third-order valence-electron chi connectivity index (χ3n) is 7.37. The van der Waals surface area contributed by atoms with Crippen LogP contribution in [0.3, 0.4) is 0 Å². The van der Waals surface area contributed by atoms with Gasteiger partial charge >= 0.3 is 6.09 Å². The van der Waals surface area contributed by atoms with E-state index in [1.165, 1.54) is 19.2 Å². The molecule has 3 atom stereocenters. The molecule has 7 nitrogen and oxygen atoms in total. The molecule has 196 valence electrons. The molecule has 8 heteroatoms. The second-order valence-corrected chi connectivity index (χ2v) is 11.6. The van der Waals surface area contributed by atoms with Gasteiger partial charge in [-0.1, -0.05) is 32.9 Å². The number of rotatable bonds is 8. The van der Waals surface area contributed by atoms with E-state index in [9.17, 15) is 19.4 Å². The Labute approximate surface area is 212 Å². The van der Waals surface area contributed by atoms with Crippen molar-refractivity contribution in [2.45, 2.75) is 83.1 Å². The zero-order chi connectivity index (χ0) is 26.1. The predicted octanol–water partition coefficient (Wildman–Crippen LogP) is 4.73. The van der Waals surface area contributed by atoms with Gasteiger partial charge in [-0.25, -0.2) is 14.2 Å². The van der Waals surface area contributed by atoms with Crippen molar-refractivity contribution in [3.05, 3.63) is 59.0 Å². The monoisotopic (exact) mass is 499 g/mol. The summed E-state index contributed by atoms with van der Waals surface area (Å²) < 4.78 is 19.7. The molecule has 0 bridgehead atoms. The highest BCUT2D eigenvalue weighted by atomic mass is 19.1. The normalized spacial score (nSPS) is 20.1. The topological polar surface area (TPSA) is 94.9 Å². The summed E-state index contributed by atoms with van der Waals surface area (Å²) in [6.45, 7) is 6.78. The zero-order valence-corrected chi connectivity index (χ0v) is 21.6. The summed E-state index contributed by atoms with van der Waals surface area (Å²) >= 11 is 0. The number of fused-ring (bicyclic) bond motifs is 1. The van der Waals surface area contributed by atoms with Crippen LogP contribution < -0.4 is 10.1 Å². The van der Waals surface area contributed by atoms with Crippen molar-refractivity contribution >= 4 is 6.09 Å². The van der Waals surface area contributed by atoms with E-state index >= 15 is 0 Å². The first-order valence-corrected chi connectivity index (χ1v) is 12.7. The Balaban J connectivity index is 1.52. The molecule has 36 heavy (non-hydrogen) atoms. The molecule has 4 rings (SSSR count). The van der Waals surface area contributed by atoms with Gasteiger partial charge in [-0.3, -0.25) is 0 Å².